The molecule has 0 aliphatic rings. The van der Waals surface area contributed by atoms with Crippen LogP contribution in [0, 0.1) is 11.3 Å². The van der Waals surface area contributed by atoms with Gasteiger partial charge in [0.25, 0.3) is 5.56 Å². The molecule has 2 N–H and O–H groups in total. The van der Waals surface area contributed by atoms with E-state index in [0.29, 0.717) is 28.9 Å². The highest BCUT2D eigenvalue weighted by Crippen LogP contribution is 2.18. The van der Waals surface area contributed by atoms with E-state index in [9.17, 15) is 14.7 Å². The molecule has 1 aromatic heterocycles. The number of hydrogen-bond donors (Lipinski definition) is 2. The molecule has 0 atom stereocenters. The molecule has 0 amide bonds. The zero-order chi connectivity index (χ0) is 19.4. The van der Waals surface area contributed by atoms with E-state index < -0.39 is 5.97 Å². The van der Waals surface area contributed by atoms with Gasteiger partial charge in [0.1, 0.15) is 0 Å². The summed E-state index contributed by atoms with van der Waals surface area (Å²) in [6, 6.07) is 15.0. The van der Waals surface area contributed by atoms with Gasteiger partial charge in [-0.25, -0.2) is 9.48 Å². The Morgan fingerprint density at radius 3 is 2.59 bits per heavy atom. The number of aromatic nitrogens is 2. The van der Waals surface area contributed by atoms with Crippen LogP contribution in [0.1, 0.15) is 34.1 Å². The van der Waals surface area contributed by atoms with Gasteiger partial charge in [-0.1, -0.05) is 19.1 Å². The first-order valence-corrected chi connectivity index (χ1v) is 8.26. The van der Waals surface area contributed by atoms with E-state index in [0.717, 1.165) is 0 Å². The van der Waals surface area contributed by atoms with E-state index in [4.69, 9.17) is 5.26 Å². The van der Waals surface area contributed by atoms with Crippen molar-refractivity contribution in [3.63, 3.8) is 0 Å². The van der Waals surface area contributed by atoms with E-state index in [2.05, 4.69) is 10.1 Å². The van der Waals surface area contributed by atoms with Crippen molar-refractivity contribution in [3.8, 4) is 11.8 Å². The first-order valence-electron chi connectivity index (χ1n) is 8.26. The van der Waals surface area contributed by atoms with Gasteiger partial charge >= 0.3 is 5.97 Å². The molecule has 7 heteroatoms. The van der Waals surface area contributed by atoms with Gasteiger partial charge in [-0.15, -0.1) is 0 Å². The molecule has 7 nitrogen and oxygen atoms in total. The number of para-hydroxylation sites is 1. The van der Waals surface area contributed by atoms with E-state index in [-0.39, 0.29) is 16.8 Å². The number of benzene rings is 2. The quantitative estimate of drug-likeness (QED) is 0.681. The second-order valence-corrected chi connectivity index (χ2v) is 5.74. The second kappa shape index (κ2) is 7.54. The predicted molar refractivity (Wildman–Crippen MR) is 101 cm³/mol. The average molecular weight is 360 g/mol. The standard InChI is InChI=1S/C20H16N4O3/c1-2-17-16(12-22-18-6-4-3-5-15(18)20(26)27)19(25)24(23-17)14-9-7-13(11-21)8-10-14/h3-10,12,23H,2H2,1H3,(H,26,27). The fourth-order valence-electron chi connectivity index (χ4n) is 2.67. The molecule has 0 aliphatic heterocycles. The zero-order valence-electron chi connectivity index (χ0n) is 14.5. The minimum Gasteiger partial charge on any atom is -0.478 e. The van der Waals surface area contributed by atoms with Crippen molar-refractivity contribution in [3.05, 3.63) is 81.3 Å². The molecule has 0 spiro atoms. The molecule has 0 fully saturated rings. The van der Waals surface area contributed by atoms with Crippen molar-refractivity contribution in [2.24, 2.45) is 4.99 Å². The number of rotatable bonds is 5. The number of carboxylic acids is 1. The van der Waals surface area contributed by atoms with Crippen molar-refractivity contribution in [2.75, 3.05) is 0 Å². The van der Waals surface area contributed by atoms with Crippen LogP contribution < -0.4 is 5.56 Å². The van der Waals surface area contributed by atoms with Crippen molar-refractivity contribution in [1.82, 2.24) is 9.78 Å². The van der Waals surface area contributed by atoms with Crippen LogP contribution >= 0.6 is 0 Å². The number of carbonyl (C=O) groups is 1. The van der Waals surface area contributed by atoms with Gasteiger partial charge in [0.05, 0.1) is 34.1 Å². The van der Waals surface area contributed by atoms with Crippen molar-refractivity contribution in [2.45, 2.75) is 13.3 Å². The van der Waals surface area contributed by atoms with E-state index in [1.165, 1.54) is 17.0 Å². The smallest absolute Gasteiger partial charge is 0.337 e. The summed E-state index contributed by atoms with van der Waals surface area (Å²) < 4.78 is 1.38. The summed E-state index contributed by atoms with van der Waals surface area (Å²) in [6.07, 6.45) is 1.96. The minimum absolute atomic E-state index is 0.0646. The largest absolute Gasteiger partial charge is 0.478 e. The van der Waals surface area contributed by atoms with Crippen LogP contribution in [-0.2, 0) is 6.42 Å². The van der Waals surface area contributed by atoms with Gasteiger partial charge in [0.2, 0.25) is 0 Å². The molecule has 2 aromatic carbocycles. The highest BCUT2D eigenvalue weighted by atomic mass is 16.4. The van der Waals surface area contributed by atoms with Gasteiger partial charge in [0.15, 0.2) is 0 Å². The lowest BCUT2D eigenvalue weighted by Crippen LogP contribution is -2.17. The highest BCUT2D eigenvalue weighted by Gasteiger charge is 2.13. The first-order chi connectivity index (χ1) is 13.0. The summed E-state index contributed by atoms with van der Waals surface area (Å²) in [5.41, 5.74) is 2.18. The SMILES string of the molecule is CCc1[nH]n(-c2ccc(C#N)cc2)c(=O)c1C=Nc1ccccc1C(=O)O. The lowest BCUT2D eigenvalue weighted by atomic mass is 10.2. The Hall–Kier alpha value is -3.92. The second-order valence-electron chi connectivity index (χ2n) is 5.74. The number of carboxylic acid groups (broad SMARTS) is 1. The lowest BCUT2D eigenvalue weighted by Gasteiger charge is -2.01. The normalized spacial score (nSPS) is 10.8. The molecule has 3 rings (SSSR count). The maximum absolute atomic E-state index is 12.8. The number of aromatic carboxylic acids is 1. The number of nitriles is 1. The lowest BCUT2D eigenvalue weighted by molar-refractivity contribution is 0.0698. The molecule has 0 saturated heterocycles. The highest BCUT2D eigenvalue weighted by molar-refractivity contribution is 5.95. The van der Waals surface area contributed by atoms with E-state index >= 15 is 0 Å². The third kappa shape index (κ3) is 3.55. The maximum Gasteiger partial charge on any atom is 0.337 e. The molecule has 3 aromatic rings. The van der Waals surface area contributed by atoms with Crippen LogP contribution in [0.15, 0.2) is 58.3 Å². The monoisotopic (exact) mass is 360 g/mol. The Bertz CT molecular complexity index is 1120. The molecule has 0 bridgehead atoms. The average Bonchev–Trinajstić information content (AvgIpc) is 3.02. The molecular formula is C20H16N4O3. The van der Waals surface area contributed by atoms with Gasteiger partial charge in [-0.05, 0) is 42.8 Å². The summed E-state index contributed by atoms with van der Waals surface area (Å²) in [6.45, 7) is 1.90. The molecular weight excluding hydrogens is 344 g/mol. The van der Waals surface area contributed by atoms with Crippen molar-refractivity contribution >= 4 is 17.9 Å². The maximum atomic E-state index is 12.8. The Labute approximate surface area is 154 Å². The van der Waals surface area contributed by atoms with Gasteiger partial charge in [-0.3, -0.25) is 14.9 Å². The zero-order valence-corrected chi connectivity index (χ0v) is 14.5. The number of aryl methyl sites for hydroxylation is 1. The number of H-pyrrole nitrogens is 1. The number of nitrogens with zero attached hydrogens (tertiary/aromatic N) is 3. The Morgan fingerprint density at radius 2 is 1.96 bits per heavy atom. The minimum atomic E-state index is -1.08. The first kappa shape index (κ1) is 17.9. The van der Waals surface area contributed by atoms with Crippen molar-refractivity contribution < 1.29 is 9.90 Å². The summed E-state index contributed by atoms with van der Waals surface area (Å²) in [4.78, 5) is 28.3. The Kier molecular flexibility index (Phi) is 4.99. The number of aliphatic imine (C=N–C) groups is 1. The number of aromatic amines is 1. The molecule has 0 unspecified atom stereocenters. The van der Waals surface area contributed by atoms with Gasteiger partial charge < -0.3 is 5.11 Å². The topological polar surface area (TPSA) is 111 Å². The third-order valence-corrected chi connectivity index (χ3v) is 4.08. The third-order valence-electron chi connectivity index (χ3n) is 4.08. The summed E-state index contributed by atoms with van der Waals surface area (Å²) in [5, 5.41) is 21.2. The van der Waals surface area contributed by atoms with Crippen LogP contribution in [0.5, 0.6) is 0 Å². The van der Waals surface area contributed by atoms with Crippen molar-refractivity contribution in [1.29, 1.82) is 5.26 Å². The van der Waals surface area contributed by atoms with E-state index in [1.54, 1.807) is 42.5 Å². The summed E-state index contributed by atoms with van der Waals surface area (Å²) in [7, 11) is 0. The molecule has 1 heterocycles. The van der Waals surface area contributed by atoms with E-state index in [1.807, 2.05) is 13.0 Å². The molecule has 0 radical (unpaired) electrons. The summed E-state index contributed by atoms with van der Waals surface area (Å²) >= 11 is 0. The number of hydrogen-bond acceptors (Lipinski definition) is 4. The summed E-state index contributed by atoms with van der Waals surface area (Å²) in [5.74, 6) is -1.08. The predicted octanol–water partition coefficient (Wildman–Crippen LogP) is 3.05. The van der Waals surface area contributed by atoms with Crippen LogP contribution in [0.2, 0.25) is 0 Å². The van der Waals surface area contributed by atoms with Crippen LogP contribution in [-0.4, -0.2) is 27.1 Å². The number of nitrogens with one attached hydrogen (secondary N) is 1. The molecule has 0 saturated carbocycles. The van der Waals surface area contributed by atoms with Crippen LogP contribution in [0.25, 0.3) is 5.69 Å². The Balaban J connectivity index is 2.04. The molecule has 134 valence electrons. The fraction of sp³-hybridized carbons (Fsp3) is 0.100. The van der Waals surface area contributed by atoms with Gasteiger partial charge in [0, 0.05) is 11.9 Å². The Morgan fingerprint density at radius 1 is 1.26 bits per heavy atom. The fourth-order valence-corrected chi connectivity index (χ4v) is 2.67. The van der Waals surface area contributed by atoms with Crippen LogP contribution in [0.4, 0.5) is 5.69 Å². The van der Waals surface area contributed by atoms with Gasteiger partial charge in [-0.2, -0.15) is 5.26 Å². The molecule has 0 aliphatic carbocycles. The molecule has 27 heavy (non-hydrogen) atoms. The van der Waals surface area contributed by atoms with Crippen LogP contribution in [0.3, 0.4) is 0 Å².